The molecule has 1 N–H and O–H groups in total. The van der Waals surface area contributed by atoms with Gasteiger partial charge in [0.1, 0.15) is 11.6 Å². The number of rotatable bonds is 8. The van der Waals surface area contributed by atoms with Crippen molar-refractivity contribution in [1.29, 1.82) is 0 Å². The first-order valence-electron chi connectivity index (χ1n) is 6.69. The molecule has 1 rings (SSSR count). The molecule has 1 aromatic rings. The predicted octanol–water partition coefficient (Wildman–Crippen LogP) is 3.54. The van der Waals surface area contributed by atoms with Gasteiger partial charge in [0.2, 0.25) is 0 Å². The molecule has 0 atom stereocenters. The fourth-order valence-electron chi connectivity index (χ4n) is 1.60. The van der Waals surface area contributed by atoms with E-state index in [1.807, 2.05) is 6.07 Å². The first kappa shape index (κ1) is 15.0. The van der Waals surface area contributed by atoms with E-state index in [0.717, 1.165) is 25.9 Å². The fourth-order valence-corrected chi connectivity index (χ4v) is 1.60. The van der Waals surface area contributed by atoms with E-state index in [4.69, 9.17) is 4.74 Å². The summed E-state index contributed by atoms with van der Waals surface area (Å²) >= 11 is 0. The molecule has 0 fully saturated rings. The van der Waals surface area contributed by atoms with Crippen molar-refractivity contribution in [3.05, 3.63) is 29.6 Å². The van der Waals surface area contributed by atoms with Crippen LogP contribution in [0.4, 0.5) is 4.39 Å². The van der Waals surface area contributed by atoms with E-state index >= 15 is 0 Å². The van der Waals surface area contributed by atoms with Crippen molar-refractivity contribution >= 4 is 0 Å². The SMILES string of the molecule is Cc1ccc(OCCCCNCC(C)C)cc1F. The van der Waals surface area contributed by atoms with Crippen molar-refractivity contribution in [3.63, 3.8) is 0 Å². The lowest BCUT2D eigenvalue weighted by Crippen LogP contribution is -2.21. The Bertz CT molecular complexity index is 352. The molecule has 2 nitrogen and oxygen atoms in total. The van der Waals surface area contributed by atoms with Crippen LogP contribution in [0.5, 0.6) is 5.75 Å². The van der Waals surface area contributed by atoms with Crippen LogP contribution in [0.2, 0.25) is 0 Å². The zero-order valence-corrected chi connectivity index (χ0v) is 11.6. The summed E-state index contributed by atoms with van der Waals surface area (Å²) in [6, 6.07) is 5.01. The minimum absolute atomic E-state index is 0.203. The summed E-state index contributed by atoms with van der Waals surface area (Å²) in [4.78, 5) is 0. The highest BCUT2D eigenvalue weighted by atomic mass is 19.1. The zero-order chi connectivity index (χ0) is 13.4. The summed E-state index contributed by atoms with van der Waals surface area (Å²) in [5.74, 6) is 1.11. The van der Waals surface area contributed by atoms with Crippen LogP contribution in [-0.4, -0.2) is 19.7 Å². The Morgan fingerprint density at radius 1 is 1.28 bits per heavy atom. The molecule has 0 unspecified atom stereocenters. The summed E-state index contributed by atoms with van der Waals surface area (Å²) in [6.07, 6.45) is 2.07. The van der Waals surface area contributed by atoms with Crippen LogP contribution in [-0.2, 0) is 0 Å². The van der Waals surface area contributed by atoms with Crippen molar-refractivity contribution in [1.82, 2.24) is 5.32 Å². The Morgan fingerprint density at radius 3 is 2.72 bits per heavy atom. The van der Waals surface area contributed by atoms with Gasteiger partial charge in [0.25, 0.3) is 0 Å². The Balaban J connectivity index is 2.09. The summed E-state index contributed by atoms with van der Waals surface area (Å²) in [7, 11) is 0. The van der Waals surface area contributed by atoms with Crippen molar-refractivity contribution < 1.29 is 9.13 Å². The van der Waals surface area contributed by atoms with E-state index in [-0.39, 0.29) is 5.82 Å². The number of benzene rings is 1. The molecule has 0 saturated carbocycles. The molecular weight excluding hydrogens is 229 g/mol. The zero-order valence-electron chi connectivity index (χ0n) is 11.6. The third-order valence-electron chi connectivity index (χ3n) is 2.71. The Labute approximate surface area is 110 Å². The maximum atomic E-state index is 13.2. The molecule has 1 aromatic carbocycles. The Morgan fingerprint density at radius 2 is 2.06 bits per heavy atom. The lowest BCUT2D eigenvalue weighted by atomic mass is 10.2. The maximum Gasteiger partial charge on any atom is 0.129 e. The third-order valence-corrected chi connectivity index (χ3v) is 2.71. The largest absolute Gasteiger partial charge is 0.493 e. The predicted molar refractivity (Wildman–Crippen MR) is 73.6 cm³/mol. The molecular formula is C15H24FNO. The molecule has 0 spiro atoms. The van der Waals surface area contributed by atoms with Gasteiger partial charge in [-0.25, -0.2) is 4.39 Å². The number of hydrogen-bond donors (Lipinski definition) is 1. The molecule has 0 aliphatic heterocycles. The molecule has 0 saturated heterocycles. The summed E-state index contributed by atoms with van der Waals surface area (Å²) in [5, 5.41) is 3.38. The molecule has 0 bridgehead atoms. The number of nitrogens with one attached hydrogen (secondary N) is 1. The second-order valence-electron chi connectivity index (χ2n) is 5.06. The topological polar surface area (TPSA) is 21.3 Å². The van der Waals surface area contributed by atoms with Crippen LogP contribution in [0, 0.1) is 18.7 Å². The van der Waals surface area contributed by atoms with Crippen LogP contribution in [0.15, 0.2) is 18.2 Å². The smallest absolute Gasteiger partial charge is 0.129 e. The van der Waals surface area contributed by atoms with E-state index in [2.05, 4.69) is 19.2 Å². The fraction of sp³-hybridized carbons (Fsp3) is 0.600. The van der Waals surface area contributed by atoms with Gasteiger partial charge in [0.15, 0.2) is 0 Å². The van der Waals surface area contributed by atoms with Gasteiger partial charge in [0, 0.05) is 6.07 Å². The van der Waals surface area contributed by atoms with Crippen LogP contribution >= 0.6 is 0 Å². The lowest BCUT2D eigenvalue weighted by Gasteiger charge is -2.08. The van der Waals surface area contributed by atoms with Gasteiger partial charge in [0.05, 0.1) is 6.61 Å². The van der Waals surface area contributed by atoms with Gasteiger partial charge in [-0.2, -0.15) is 0 Å². The van der Waals surface area contributed by atoms with Gasteiger partial charge in [-0.3, -0.25) is 0 Å². The number of hydrogen-bond acceptors (Lipinski definition) is 2. The summed E-state index contributed by atoms with van der Waals surface area (Å²) < 4.78 is 18.7. The first-order chi connectivity index (χ1) is 8.59. The number of unbranched alkanes of at least 4 members (excludes halogenated alkanes) is 1. The van der Waals surface area contributed by atoms with Gasteiger partial charge in [-0.15, -0.1) is 0 Å². The molecule has 0 amide bonds. The van der Waals surface area contributed by atoms with Gasteiger partial charge in [-0.05, 0) is 50.4 Å². The summed E-state index contributed by atoms with van der Waals surface area (Å²) in [6.45, 7) is 8.86. The minimum atomic E-state index is -0.203. The highest BCUT2D eigenvalue weighted by Gasteiger charge is 2.00. The van der Waals surface area contributed by atoms with Crippen LogP contribution in [0.25, 0.3) is 0 Å². The maximum absolute atomic E-state index is 13.2. The van der Waals surface area contributed by atoms with E-state index in [1.54, 1.807) is 13.0 Å². The average Bonchev–Trinajstić information content (AvgIpc) is 2.32. The van der Waals surface area contributed by atoms with Crippen molar-refractivity contribution in [2.45, 2.75) is 33.6 Å². The Kier molecular flexibility index (Phi) is 6.73. The average molecular weight is 253 g/mol. The molecule has 0 aliphatic rings. The number of halogens is 1. The normalized spacial score (nSPS) is 10.9. The van der Waals surface area contributed by atoms with E-state index in [0.29, 0.717) is 23.8 Å². The minimum Gasteiger partial charge on any atom is -0.493 e. The molecule has 102 valence electrons. The Hall–Kier alpha value is -1.09. The molecule has 18 heavy (non-hydrogen) atoms. The van der Waals surface area contributed by atoms with Gasteiger partial charge in [-0.1, -0.05) is 19.9 Å². The number of ether oxygens (including phenoxy) is 1. The van der Waals surface area contributed by atoms with Gasteiger partial charge >= 0.3 is 0 Å². The van der Waals surface area contributed by atoms with E-state index in [1.165, 1.54) is 6.07 Å². The quantitative estimate of drug-likeness (QED) is 0.715. The van der Waals surface area contributed by atoms with Crippen LogP contribution in [0.1, 0.15) is 32.3 Å². The lowest BCUT2D eigenvalue weighted by molar-refractivity contribution is 0.304. The monoisotopic (exact) mass is 253 g/mol. The van der Waals surface area contributed by atoms with E-state index < -0.39 is 0 Å². The third kappa shape index (κ3) is 6.01. The second-order valence-corrected chi connectivity index (χ2v) is 5.06. The molecule has 0 heterocycles. The highest BCUT2D eigenvalue weighted by molar-refractivity contribution is 5.27. The summed E-state index contributed by atoms with van der Waals surface area (Å²) in [5.41, 5.74) is 0.653. The molecule has 0 aliphatic carbocycles. The van der Waals surface area contributed by atoms with Crippen LogP contribution < -0.4 is 10.1 Å². The standard InChI is InChI=1S/C15H24FNO/c1-12(2)11-17-8-4-5-9-18-14-7-6-13(3)15(16)10-14/h6-7,10,12,17H,4-5,8-9,11H2,1-3H3. The number of aryl methyl sites for hydroxylation is 1. The van der Waals surface area contributed by atoms with E-state index in [9.17, 15) is 4.39 Å². The van der Waals surface area contributed by atoms with Crippen molar-refractivity contribution in [2.24, 2.45) is 5.92 Å². The van der Waals surface area contributed by atoms with Crippen molar-refractivity contribution in [3.8, 4) is 5.75 Å². The highest BCUT2D eigenvalue weighted by Crippen LogP contribution is 2.15. The van der Waals surface area contributed by atoms with Gasteiger partial charge < -0.3 is 10.1 Å². The molecule has 0 radical (unpaired) electrons. The molecule has 0 aromatic heterocycles. The first-order valence-corrected chi connectivity index (χ1v) is 6.69. The second kappa shape index (κ2) is 8.09. The van der Waals surface area contributed by atoms with Crippen LogP contribution in [0.3, 0.4) is 0 Å². The molecule has 3 heteroatoms. The van der Waals surface area contributed by atoms with Crippen molar-refractivity contribution in [2.75, 3.05) is 19.7 Å².